The monoisotopic (exact) mass is 344 g/mol. The van der Waals surface area contributed by atoms with Crippen LogP contribution in [-0.4, -0.2) is 19.8 Å². The van der Waals surface area contributed by atoms with E-state index < -0.39 is 10.0 Å². The fourth-order valence-electron chi connectivity index (χ4n) is 1.86. The first-order valence-corrected chi connectivity index (χ1v) is 8.27. The van der Waals surface area contributed by atoms with E-state index in [1.165, 1.54) is 23.5 Å². The number of nitrogens with two attached hydrogens (primary N) is 1. The Morgan fingerprint density at radius 2 is 1.76 bits per heavy atom. The number of hydrogen-bond donors (Lipinski definition) is 1. The Morgan fingerprint density at radius 3 is 2.43 bits per heavy atom. The lowest BCUT2D eigenvalue weighted by molar-refractivity contribution is 0.467. The zero-order chi connectivity index (χ0) is 15.6. The molecule has 2 N–H and O–H groups in total. The Morgan fingerprint density at radius 1 is 1.10 bits per heavy atom. The summed E-state index contributed by atoms with van der Waals surface area (Å²) in [5.74, 6) is 0. The molecule has 2 rings (SSSR count). The predicted octanol–water partition coefficient (Wildman–Crippen LogP) is 3.40. The Balaban J connectivity index is 2.33. The van der Waals surface area contributed by atoms with Crippen LogP contribution in [0.3, 0.4) is 0 Å². The van der Waals surface area contributed by atoms with E-state index in [-0.39, 0.29) is 16.5 Å². The number of rotatable bonds is 4. The van der Waals surface area contributed by atoms with Crippen molar-refractivity contribution in [3.8, 4) is 0 Å². The molecule has 0 amide bonds. The van der Waals surface area contributed by atoms with E-state index in [1.54, 1.807) is 30.3 Å². The highest BCUT2D eigenvalue weighted by Crippen LogP contribution is 2.26. The van der Waals surface area contributed by atoms with Gasteiger partial charge in [-0.15, -0.1) is 0 Å². The van der Waals surface area contributed by atoms with E-state index in [0.29, 0.717) is 16.3 Å². The molecule has 21 heavy (non-hydrogen) atoms. The van der Waals surface area contributed by atoms with Crippen LogP contribution in [0.5, 0.6) is 0 Å². The average molecular weight is 345 g/mol. The highest BCUT2D eigenvalue weighted by molar-refractivity contribution is 7.89. The summed E-state index contributed by atoms with van der Waals surface area (Å²) in [6.45, 7) is 0.109. The number of benzene rings is 2. The molecule has 112 valence electrons. The number of nitrogen functional groups attached to an aromatic ring is 1. The van der Waals surface area contributed by atoms with Gasteiger partial charge < -0.3 is 5.73 Å². The second-order valence-electron chi connectivity index (χ2n) is 4.54. The second-order valence-corrected chi connectivity index (χ2v) is 7.37. The maximum Gasteiger partial charge on any atom is 0.244 e. The summed E-state index contributed by atoms with van der Waals surface area (Å²) in [7, 11) is -2.23. The van der Waals surface area contributed by atoms with Crippen molar-refractivity contribution >= 4 is 38.9 Å². The van der Waals surface area contributed by atoms with Gasteiger partial charge in [0.1, 0.15) is 4.90 Å². The Kier molecular flexibility index (Phi) is 4.78. The third-order valence-electron chi connectivity index (χ3n) is 2.99. The molecule has 0 aliphatic heterocycles. The summed E-state index contributed by atoms with van der Waals surface area (Å²) >= 11 is 12.0. The summed E-state index contributed by atoms with van der Waals surface area (Å²) in [5, 5.41) is 0.647. The fraction of sp³-hybridized carbons (Fsp3) is 0.143. The van der Waals surface area contributed by atoms with Crippen molar-refractivity contribution < 1.29 is 8.42 Å². The van der Waals surface area contributed by atoms with Gasteiger partial charge in [0.05, 0.1) is 5.02 Å². The fourth-order valence-corrected chi connectivity index (χ4v) is 3.68. The number of sulfonamides is 1. The molecule has 7 heteroatoms. The van der Waals surface area contributed by atoms with Crippen LogP contribution < -0.4 is 5.73 Å². The van der Waals surface area contributed by atoms with Gasteiger partial charge in [-0.25, -0.2) is 8.42 Å². The van der Waals surface area contributed by atoms with Crippen LogP contribution in [0.4, 0.5) is 5.69 Å². The van der Waals surface area contributed by atoms with Crippen molar-refractivity contribution in [2.75, 3.05) is 12.8 Å². The molecule has 0 saturated heterocycles. The van der Waals surface area contributed by atoms with Crippen LogP contribution in [-0.2, 0) is 16.6 Å². The van der Waals surface area contributed by atoms with E-state index in [1.807, 2.05) is 0 Å². The minimum atomic E-state index is -3.70. The van der Waals surface area contributed by atoms with Gasteiger partial charge in [0.15, 0.2) is 0 Å². The number of nitrogens with zero attached hydrogens (tertiary/aromatic N) is 1. The molecular formula is C14H14Cl2N2O2S. The number of anilines is 1. The zero-order valence-electron chi connectivity index (χ0n) is 11.3. The zero-order valence-corrected chi connectivity index (χ0v) is 13.6. The molecule has 2 aromatic carbocycles. The highest BCUT2D eigenvalue weighted by Gasteiger charge is 2.23. The standard InChI is InChI=1S/C14H14Cl2N2O2S/c1-18(9-10-8-11(17)6-7-12(10)15)21(19,20)14-5-3-2-4-13(14)16/h2-8H,9,17H2,1H3. The van der Waals surface area contributed by atoms with Crippen molar-refractivity contribution in [3.63, 3.8) is 0 Å². The lowest BCUT2D eigenvalue weighted by Gasteiger charge is -2.19. The lowest BCUT2D eigenvalue weighted by atomic mass is 10.2. The Bertz CT molecular complexity index is 763. The smallest absolute Gasteiger partial charge is 0.244 e. The van der Waals surface area contributed by atoms with Gasteiger partial charge in [-0.2, -0.15) is 4.31 Å². The van der Waals surface area contributed by atoms with Gasteiger partial charge in [0.2, 0.25) is 10.0 Å². The predicted molar refractivity (Wildman–Crippen MR) is 86.0 cm³/mol. The molecule has 4 nitrogen and oxygen atoms in total. The highest BCUT2D eigenvalue weighted by atomic mass is 35.5. The van der Waals surface area contributed by atoms with Gasteiger partial charge in [0, 0.05) is 24.3 Å². The van der Waals surface area contributed by atoms with Gasteiger partial charge in [0.25, 0.3) is 0 Å². The molecule has 0 unspecified atom stereocenters. The Hall–Kier alpha value is -1.27. The van der Waals surface area contributed by atoms with E-state index in [2.05, 4.69) is 0 Å². The molecule has 0 bridgehead atoms. The van der Waals surface area contributed by atoms with E-state index in [0.717, 1.165) is 0 Å². The van der Waals surface area contributed by atoms with Crippen LogP contribution in [0.1, 0.15) is 5.56 Å². The minimum absolute atomic E-state index is 0.0641. The SMILES string of the molecule is CN(Cc1cc(N)ccc1Cl)S(=O)(=O)c1ccccc1Cl. The minimum Gasteiger partial charge on any atom is -0.399 e. The first-order chi connectivity index (χ1) is 9.82. The van der Waals surface area contributed by atoms with E-state index in [4.69, 9.17) is 28.9 Å². The summed E-state index contributed by atoms with van der Waals surface area (Å²) in [6, 6.07) is 11.3. The topological polar surface area (TPSA) is 63.4 Å². The van der Waals surface area contributed by atoms with Crippen molar-refractivity contribution in [1.29, 1.82) is 0 Å². The van der Waals surface area contributed by atoms with Gasteiger partial charge in [-0.05, 0) is 35.9 Å². The molecular weight excluding hydrogens is 331 g/mol. The normalized spacial score (nSPS) is 11.8. The molecule has 0 heterocycles. The summed E-state index contributed by atoms with van der Waals surface area (Å²) in [4.78, 5) is 0.0641. The first kappa shape index (κ1) is 16.1. The molecule has 0 aliphatic carbocycles. The van der Waals surface area contributed by atoms with Crippen molar-refractivity contribution in [2.24, 2.45) is 0 Å². The van der Waals surface area contributed by atoms with Crippen LogP contribution in [0.25, 0.3) is 0 Å². The van der Waals surface area contributed by atoms with Crippen LogP contribution in [0, 0.1) is 0 Å². The maximum absolute atomic E-state index is 12.5. The first-order valence-electron chi connectivity index (χ1n) is 6.07. The largest absolute Gasteiger partial charge is 0.399 e. The molecule has 0 radical (unpaired) electrons. The molecule has 0 fully saturated rings. The van der Waals surface area contributed by atoms with Gasteiger partial charge >= 0.3 is 0 Å². The van der Waals surface area contributed by atoms with Crippen LogP contribution in [0.2, 0.25) is 10.0 Å². The third kappa shape index (κ3) is 3.49. The third-order valence-corrected chi connectivity index (χ3v) is 5.66. The van der Waals surface area contributed by atoms with Crippen molar-refractivity contribution in [3.05, 3.63) is 58.1 Å². The van der Waals surface area contributed by atoms with E-state index in [9.17, 15) is 8.42 Å². The summed E-state index contributed by atoms with van der Waals surface area (Å²) in [6.07, 6.45) is 0. The number of halogens is 2. The maximum atomic E-state index is 12.5. The summed E-state index contributed by atoms with van der Waals surface area (Å²) in [5.41, 5.74) is 6.86. The Labute approximate surface area is 134 Å². The van der Waals surface area contributed by atoms with E-state index >= 15 is 0 Å². The van der Waals surface area contributed by atoms with Gasteiger partial charge in [-0.1, -0.05) is 35.3 Å². The van der Waals surface area contributed by atoms with Crippen LogP contribution in [0.15, 0.2) is 47.4 Å². The summed E-state index contributed by atoms with van der Waals surface area (Å²) < 4.78 is 26.2. The number of hydrogen-bond acceptors (Lipinski definition) is 3. The molecule has 0 aromatic heterocycles. The molecule has 0 spiro atoms. The second kappa shape index (κ2) is 6.23. The van der Waals surface area contributed by atoms with Crippen molar-refractivity contribution in [2.45, 2.75) is 11.4 Å². The van der Waals surface area contributed by atoms with Crippen molar-refractivity contribution in [1.82, 2.24) is 4.31 Å². The lowest BCUT2D eigenvalue weighted by Crippen LogP contribution is -2.27. The molecule has 2 aromatic rings. The van der Waals surface area contributed by atoms with Gasteiger partial charge in [-0.3, -0.25) is 0 Å². The molecule has 0 aliphatic rings. The molecule has 0 atom stereocenters. The quantitative estimate of drug-likeness (QED) is 0.864. The average Bonchev–Trinajstić information content (AvgIpc) is 2.43. The van der Waals surface area contributed by atoms with Crippen LogP contribution >= 0.6 is 23.2 Å². The molecule has 0 saturated carbocycles.